The molecule has 0 radical (unpaired) electrons. The zero-order valence-corrected chi connectivity index (χ0v) is 30.2. The molecular formula is C53H36N2. The summed E-state index contributed by atoms with van der Waals surface area (Å²) in [6.45, 7) is 0. The maximum atomic E-state index is 5.11. The summed E-state index contributed by atoms with van der Waals surface area (Å²) in [6.07, 6.45) is 0. The van der Waals surface area contributed by atoms with Crippen molar-refractivity contribution in [3.8, 4) is 67.3 Å². The minimum Gasteiger partial charge on any atom is -0.228 e. The van der Waals surface area contributed by atoms with Crippen molar-refractivity contribution in [2.75, 3.05) is 0 Å². The molecule has 0 fully saturated rings. The topological polar surface area (TPSA) is 25.8 Å². The van der Waals surface area contributed by atoms with Gasteiger partial charge in [-0.1, -0.05) is 200 Å². The lowest BCUT2D eigenvalue weighted by molar-refractivity contribution is 0.769. The number of aromatic nitrogens is 2. The van der Waals surface area contributed by atoms with Crippen LogP contribution in [0.25, 0.3) is 67.3 Å². The third-order valence-electron chi connectivity index (χ3n) is 11.0. The van der Waals surface area contributed by atoms with E-state index in [0.29, 0.717) is 5.82 Å². The quantitative estimate of drug-likeness (QED) is 0.165. The van der Waals surface area contributed by atoms with E-state index < -0.39 is 5.41 Å². The van der Waals surface area contributed by atoms with Crippen LogP contribution in [0, 0.1) is 0 Å². The fraction of sp³-hybridized carbons (Fsp3) is 0.0189. The summed E-state index contributed by atoms with van der Waals surface area (Å²) in [5.41, 5.74) is 16.8. The molecule has 2 heteroatoms. The van der Waals surface area contributed by atoms with Crippen LogP contribution < -0.4 is 0 Å². The summed E-state index contributed by atoms with van der Waals surface area (Å²) >= 11 is 0. The molecule has 9 aromatic rings. The Bertz CT molecular complexity index is 2660. The van der Waals surface area contributed by atoms with E-state index in [0.717, 1.165) is 33.6 Å². The smallest absolute Gasteiger partial charge is 0.160 e. The molecule has 2 nitrogen and oxygen atoms in total. The molecule has 1 aromatic heterocycles. The molecule has 0 spiro atoms. The molecule has 10 rings (SSSR count). The molecule has 55 heavy (non-hydrogen) atoms. The van der Waals surface area contributed by atoms with Crippen molar-refractivity contribution in [3.63, 3.8) is 0 Å². The van der Waals surface area contributed by atoms with Gasteiger partial charge in [-0.2, -0.15) is 0 Å². The van der Waals surface area contributed by atoms with E-state index in [2.05, 4.69) is 194 Å². The van der Waals surface area contributed by atoms with Crippen LogP contribution in [0.4, 0.5) is 0 Å². The van der Waals surface area contributed by atoms with Crippen LogP contribution in [0.15, 0.2) is 218 Å². The summed E-state index contributed by atoms with van der Waals surface area (Å²) in [7, 11) is 0. The summed E-state index contributed by atoms with van der Waals surface area (Å²) in [4.78, 5) is 10.1. The molecule has 0 aliphatic heterocycles. The lowest BCUT2D eigenvalue weighted by Crippen LogP contribution is -2.28. The molecule has 0 unspecified atom stereocenters. The minimum absolute atomic E-state index is 0.485. The van der Waals surface area contributed by atoms with E-state index in [9.17, 15) is 0 Å². The first kappa shape index (κ1) is 32.5. The average Bonchev–Trinajstić information content (AvgIpc) is 3.57. The minimum atomic E-state index is -0.485. The van der Waals surface area contributed by atoms with Crippen LogP contribution >= 0.6 is 0 Å². The monoisotopic (exact) mass is 700 g/mol. The molecule has 8 aromatic carbocycles. The summed E-state index contributed by atoms with van der Waals surface area (Å²) in [5, 5.41) is 0. The number of hydrogen-bond acceptors (Lipinski definition) is 2. The maximum Gasteiger partial charge on any atom is 0.160 e. The van der Waals surface area contributed by atoms with Gasteiger partial charge in [0, 0.05) is 16.7 Å². The first-order chi connectivity index (χ1) is 27.3. The summed E-state index contributed by atoms with van der Waals surface area (Å²) in [5.74, 6) is 0.712. The van der Waals surface area contributed by atoms with Gasteiger partial charge in [0.05, 0.1) is 16.8 Å². The molecule has 0 N–H and O–H groups in total. The van der Waals surface area contributed by atoms with E-state index in [1.165, 1.54) is 50.1 Å². The van der Waals surface area contributed by atoms with Crippen LogP contribution in [0.5, 0.6) is 0 Å². The van der Waals surface area contributed by atoms with Gasteiger partial charge in [-0.25, -0.2) is 9.97 Å². The lowest BCUT2D eigenvalue weighted by Gasteiger charge is -2.34. The number of fused-ring (bicyclic) bond motifs is 3. The highest BCUT2D eigenvalue weighted by Gasteiger charge is 2.46. The highest BCUT2D eigenvalue weighted by Crippen LogP contribution is 2.58. The van der Waals surface area contributed by atoms with Crippen molar-refractivity contribution in [1.82, 2.24) is 9.97 Å². The maximum absolute atomic E-state index is 5.11. The highest BCUT2D eigenvalue weighted by molar-refractivity contribution is 5.95. The zero-order chi connectivity index (χ0) is 36.6. The Balaban J connectivity index is 1.18. The average molecular weight is 701 g/mol. The largest absolute Gasteiger partial charge is 0.228 e. The van der Waals surface area contributed by atoms with Crippen molar-refractivity contribution in [1.29, 1.82) is 0 Å². The van der Waals surface area contributed by atoms with Gasteiger partial charge >= 0.3 is 0 Å². The van der Waals surface area contributed by atoms with Gasteiger partial charge in [0.1, 0.15) is 0 Å². The summed E-state index contributed by atoms with van der Waals surface area (Å²) in [6, 6.07) is 78.3. The lowest BCUT2D eigenvalue weighted by atomic mass is 9.67. The molecule has 0 amide bonds. The second-order valence-corrected chi connectivity index (χ2v) is 14.1. The van der Waals surface area contributed by atoms with Crippen LogP contribution in [-0.4, -0.2) is 9.97 Å². The zero-order valence-electron chi connectivity index (χ0n) is 30.2. The molecular weight excluding hydrogens is 665 g/mol. The van der Waals surface area contributed by atoms with Crippen LogP contribution in [0.3, 0.4) is 0 Å². The van der Waals surface area contributed by atoms with Crippen molar-refractivity contribution in [2.45, 2.75) is 5.41 Å². The Morgan fingerprint density at radius 1 is 0.273 bits per heavy atom. The van der Waals surface area contributed by atoms with E-state index in [-0.39, 0.29) is 0 Å². The second-order valence-electron chi connectivity index (χ2n) is 14.1. The van der Waals surface area contributed by atoms with E-state index in [1.54, 1.807) is 0 Å². The first-order valence-corrected chi connectivity index (χ1v) is 18.8. The highest BCUT2D eigenvalue weighted by atomic mass is 14.9. The van der Waals surface area contributed by atoms with Gasteiger partial charge < -0.3 is 0 Å². The van der Waals surface area contributed by atoms with Gasteiger partial charge in [-0.3, -0.25) is 0 Å². The molecule has 0 atom stereocenters. The third-order valence-corrected chi connectivity index (χ3v) is 11.0. The number of nitrogens with zero attached hydrogens (tertiary/aromatic N) is 2. The van der Waals surface area contributed by atoms with E-state index in [4.69, 9.17) is 9.97 Å². The Hall–Kier alpha value is -7.16. The van der Waals surface area contributed by atoms with Crippen molar-refractivity contribution in [3.05, 3.63) is 241 Å². The predicted molar refractivity (Wildman–Crippen MR) is 227 cm³/mol. The second kappa shape index (κ2) is 13.7. The van der Waals surface area contributed by atoms with Crippen molar-refractivity contribution in [2.24, 2.45) is 0 Å². The Labute approximate surface area is 322 Å². The standard InChI is InChI=1S/C53H36N2/c1-6-18-37(19-7-1)45-34-47-44-28-16-17-29-48(44)53(42-24-12-4-13-25-42,43-26-14-5-15-27-43)49(47)35-46(45)38-30-32-40(33-31-38)51-36-50(39-20-8-2-9-21-39)54-52(55-51)41-22-10-3-11-23-41/h1-36H. The molecule has 1 aliphatic rings. The van der Waals surface area contributed by atoms with Gasteiger partial charge in [-0.15, -0.1) is 0 Å². The van der Waals surface area contributed by atoms with Crippen molar-refractivity contribution < 1.29 is 0 Å². The van der Waals surface area contributed by atoms with Gasteiger partial charge in [0.15, 0.2) is 5.82 Å². The molecule has 1 heterocycles. The fourth-order valence-electron chi connectivity index (χ4n) is 8.47. The predicted octanol–water partition coefficient (Wildman–Crippen LogP) is 13.2. The Morgan fingerprint density at radius 2 is 0.691 bits per heavy atom. The number of rotatable bonds is 7. The van der Waals surface area contributed by atoms with Gasteiger partial charge in [-0.05, 0) is 73.8 Å². The normalized spacial score (nSPS) is 12.5. The molecule has 0 bridgehead atoms. The summed E-state index contributed by atoms with van der Waals surface area (Å²) < 4.78 is 0. The van der Waals surface area contributed by atoms with Gasteiger partial charge in [0.25, 0.3) is 0 Å². The number of hydrogen-bond donors (Lipinski definition) is 0. The SMILES string of the molecule is c1ccc(-c2cc(-c3ccc(-c4cc5c(cc4-c4ccccc4)-c4ccccc4C5(c4ccccc4)c4ccccc4)cc3)nc(-c3ccccc3)n2)cc1. The van der Waals surface area contributed by atoms with Crippen LogP contribution in [-0.2, 0) is 5.41 Å². The molecule has 0 saturated carbocycles. The van der Waals surface area contributed by atoms with Gasteiger partial charge in [0.2, 0.25) is 0 Å². The number of benzene rings is 8. The molecule has 0 saturated heterocycles. The third kappa shape index (κ3) is 5.59. The molecule has 258 valence electrons. The van der Waals surface area contributed by atoms with E-state index >= 15 is 0 Å². The first-order valence-electron chi connectivity index (χ1n) is 18.8. The van der Waals surface area contributed by atoms with Crippen LogP contribution in [0.1, 0.15) is 22.3 Å². The Kier molecular flexibility index (Phi) is 8.08. The van der Waals surface area contributed by atoms with Crippen molar-refractivity contribution >= 4 is 0 Å². The van der Waals surface area contributed by atoms with Crippen LogP contribution in [0.2, 0.25) is 0 Å². The molecule has 1 aliphatic carbocycles. The fourth-order valence-corrected chi connectivity index (χ4v) is 8.47. The van der Waals surface area contributed by atoms with E-state index in [1.807, 2.05) is 24.3 Å². The Morgan fingerprint density at radius 3 is 1.27 bits per heavy atom.